The molecule has 3 rings (SSSR count). The van der Waals surface area contributed by atoms with E-state index < -0.39 is 5.60 Å². The molecule has 0 atom stereocenters. The topological polar surface area (TPSA) is 78.9 Å². The summed E-state index contributed by atoms with van der Waals surface area (Å²) in [6.07, 6.45) is 2.41. The third-order valence-corrected chi connectivity index (χ3v) is 4.50. The van der Waals surface area contributed by atoms with E-state index in [0.717, 1.165) is 29.8 Å². The van der Waals surface area contributed by atoms with Gasteiger partial charge < -0.3 is 20.3 Å². The lowest BCUT2D eigenvalue weighted by Crippen LogP contribution is -2.63. The average Bonchev–Trinajstić information content (AvgIpc) is 2.61. The molecule has 2 aromatic rings. The number of para-hydroxylation sites is 1. The molecular formula is C21H29N5O2. The van der Waals surface area contributed by atoms with Gasteiger partial charge in [0.05, 0.1) is 11.6 Å². The Balaban J connectivity index is 1.44. The number of hydrogen-bond donors (Lipinski definition) is 2. The van der Waals surface area contributed by atoms with Crippen LogP contribution in [0.4, 0.5) is 4.79 Å². The van der Waals surface area contributed by atoms with E-state index in [0.29, 0.717) is 13.1 Å². The Morgan fingerprint density at radius 1 is 1.29 bits per heavy atom. The number of ether oxygens (including phenoxy) is 1. The number of benzene rings is 1. The molecule has 1 aliphatic rings. The maximum Gasteiger partial charge on any atom is 0.410 e. The van der Waals surface area contributed by atoms with Crippen molar-refractivity contribution in [3.63, 3.8) is 0 Å². The van der Waals surface area contributed by atoms with Crippen molar-refractivity contribution in [1.29, 1.82) is 0 Å². The van der Waals surface area contributed by atoms with Gasteiger partial charge in [0.15, 0.2) is 5.96 Å². The second-order valence-electron chi connectivity index (χ2n) is 7.97. The number of fused-ring (bicyclic) bond motifs is 1. The van der Waals surface area contributed by atoms with Crippen molar-refractivity contribution in [3.05, 3.63) is 42.1 Å². The molecule has 7 heteroatoms. The summed E-state index contributed by atoms with van der Waals surface area (Å²) < 4.78 is 5.38. The highest BCUT2D eigenvalue weighted by Crippen LogP contribution is 2.16. The smallest absolute Gasteiger partial charge is 0.410 e. The van der Waals surface area contributed by atoms with Crippen LogP contribution in [0.5, 0.6) is 0 Å². The van der Waals surface area contributed by atoms with Crippen LogP contribution in [0, 0.1) is 0 Å². The molecule has 28 heavy (non-hydrogen) atoms. The Morgan fingerprint density at radius 3 is 2.75 bits per heavy atom. The number of nitrogens with one attached hydrogen (secondary N) is 2. The first-order chi connectivity index (χ1) is 13.4. The molecule has 150 valence electrons. The summed E-state index contributed by atoms with van der Waals surface area (Å²) in [6, 6.07) is 10.5. The summed E-state index contributed by atoms with van der Waals surface area (Å²) in [5.41, 5.74) is 1.78. The van der Waals surface area contributed by atoms with E-state index >= 15 is 0 Å². The van der Waals surface area contributed by atoms with Gasteiger partial charge in [0, 0.05) is 38.3 Å². The third-order valence-electron chi connectivity index (χ3n) is 4.50. The third kappa shape index (κ3) is 5.12. The zero-order chi connectivity index (χ0) is 20.1. The van der Waals surface area contributed by atoms with Crippen LogP contribution >= 0.6 is 0 Å². The summed E-state index contributed by atoms with van der Waals surface area (Å²) >= 11 is 0. The Labute approximate surface area is 166 Å². The van der Waals surface area contributed by atoms with Crippen molar-refractivity contribution < 1.29 is 9.53 Å². The molecule has 2 heterocycles. The first-order valence-corrected chi connectivity index (χ1v) is 9.63. The summed E-state index contributed by atoms with van der Waals surface area (Å²) in [5.74, 6) is 0.738. The molecule has 0 saturated carbocycles. The molecule has 1 aromatic carbocycles. The molecule has 0 spiro atoms. The molecule has 1 saturated heterocycles. The van der Waals surface area contributed by atoms with Gasteiger partial charge in [-0.15, -0.1) is 0 Å². The summed E-state index contributed by atoms with van der Waals surface area (Å²) in [4.78, 5) is 22.5. The van der Waals surface area contributed by atoms with Gasteiger partial charge in [-0.2, -0.15) is 0 Å². The van der Waals surface area contributed by atoms with E-state index in [1.54, 1.807) is 11.9 Å². The molecule has 0 aliphatic carbocycles. The molecule has 0 unspecified atom stereocenters. The largest absolute Gasteiger partial charge is 0.444 e. The lowest BCUT2D eigenvalue weighted by Gasteiger charge is -2.40. The van der Waals surface area contributed by atoms with Gasteiger partial charge in [0.2, 0.25) is 0 Å². The molecule has 0 bridgehead atoms. The van der Waals surface area contributed by atoms with Crippen LogP contribution in [0.15, 0.2) is 41.5 Å². The van der Waals surface area contributed by atoms with Crippen LogP contribution in [0.1, 0.15) is 26.3 Å². The van der Waals surface area contributed by atoms with Crippen LogP contribution < -0.4 is 10.6 Å². The highest BCUT2D eigenvalue weighted by molar-refractivity contribution is 5.82. The van der Waals surface area contributed by atoms with Crippen LogP contribution in [0.2, 0.25) is 0 Å². The Morgan fingerprint density at radius 2 is 2.04 bits per heavy atom. The summed E-state index contributed by atoms with van der Waals surface area (Å²) in [5, 5.41) is 7.84. The molecular weight excluding hydrogens is 354 g/mol. The number of aliphatic imine (C=N–C) groups is 1. The molecule has 1 amide bonds. The Kier molecular flexibility index (Phi) is 6.02. The van der Waals surface area contributed by atoms with Crippen molar-refractivity contribution in [2.45, 2.75) is 38.8 Å². The van der Waals surface area contributed by atoms with E-state index in [9.17, 15) is 4.79 Å². The summed E-state index contributed by atoms with van der Waals surface area (Å²) in [6.45, 7) is 7.59. The second kappa shape index (κ2) is 8.46. The van der Waals surface area contributed by atoms with Gasteiger partial charge in [-0.1, -0.05) is 24.3 Å². The minimum absolute atomic E-state index is 0.179. The quantitative estimate of drug-likeness (QED) is 0.627. The zero-order valence-corrected chi connectivity index (χ0v) is 17.0. The number of carbonyl (C=O) groups is 1. The number of amides is 1. The van der Waals surface area contributed by atoms with Crippen LogP contribution in [-0.2, 0) is 11.2 Å². The van der Waals surface area contributed by atoms with Gasteiger partial charge in [-0.3, -0.25) is 9.98 Å². The van der Waals surface area contributed by atoms with Crippen molar-refractivity contribution >= 4 is 23.0 Å². The monoisotopic (exact) mass is 383 g/mol. The fraction of sp³-hybridized carbons (Fsp3) is 0.476. The van der Waals surface area contributed by atoms with Gasteiger partial charge in [0.1, 0.15) is 5.60 Å². The number of guanidine groups is 1. The van der Waals surface area contributed by atoms with E-state index in [2.05, 4.69) is 44.9 Å². The highest BCUT2D eigenvalue weighted by Gasteiger charge is 2.34. The first-order valence-electron chi connectivity index (χ1n) is 9.63. The van der Waals surface area contributed by atoms with Crippen LogP contribution in [-0.4, -0.2) is 60.3 Å². The highest BCUT2D eigenvalue weighted by atomic mass is 16.6. The lowest BCUT2D eigenvalue weighted by molar-refractivity contribution is 0.00701. The fourth-order valence-corrected chi connectivity index (χ4v) is 3.12. The molecule has 7 nitrogen and oxygen atoms in total. The predicted octanol–water partition coefficient (Wildman–Crippen LogP) is 2.56. The van der Waals surface area contributed by atoms with Crippen molar-refractivity contribution in [1.82, 2.24) is 20.5 Å². The standard InChI is InChI=1S/C21H29N5O2/c1-21(2,3)28-20(27)26-13-17(14-26)25-19(22-4)24-12-10-16-8-5-7-15-9-6-11-23-18(15)16/h5-9,11,17H,10,12-14H2,1-4H3,(H2,22,24,25). The lowest BCUT2D eigenvalue weighted by atomic mass is 10.1. The average molecular weight is 383 g/mol. The number of hydrogen-bond acceptors (Lipinski definition) is 4. The molecule has 2 N–H and O–H groups in total. The number of likely N-dealkylation sites (tertiary alicyclic amines) is 1. The summed E-state index contributed by atoms with van der Waals surface area (Å²) in [7, 11) is 1.75. The normalized spacial score (nSPS) is 15.3. The predicted molar refractivity (Wildman–Crippen MR) is 112 cm³/mol. The molecule has 1 fully saturated rings. The number of aromatic nitrogens is 1. The SMILES string of the molecule is CN=C(NCCc1cccc2cccnc12)NC1CN(C(=O)OC(C)(C)C)C1. The molecule has 0 radical (unpaired) electrons. The van der Waals surface area contributed by atoms with Crippen molar-refractivity contribution in [3.8, 4) is 0 Å². The van der Waals surface area contributed by atoms with Crippen molar-refractivity contribution in [2.75, 3.05) is 26.7 Å². The zero-order valence-electron chi connectivity index (χ0n) is 17.0. The maximum absolute atomic E-state index is 12.0. The van der Waals surface area contributed by atoms with Gasteiger partial charge in [-0.05, 0) is 38.8 Å². The second-order valence-corrected chi connectivity index (χ2v) is 7.97. The van der Waals surface area contributed by atoms with Crippen LogP contribution in [0.3, 0.4) is 0 Å². The number of carbonyl (C=O) groups excluding carboxylic acids is 1. The maximum atomic E-state index is 12.0. The minimum Gasteiger partial charge on any atom is -0.444 e. The van der Waals surface area contributed by atoms with E-state index in [1.807, 2.05) is 33.0 Å². The number of pyridine rings is 1. The van der Waals surface area contributed by atoms with E-state index in [4.69, 9.17) is 4.74 Å². The first kappa shape index (κ1) is 19.9. The van der Waals surface area contributed by atoms with Crippen molar-refractivity contribution in [2.24, 2.45) is 4.99 Å². The minimum atomic E-state index is -0.469. The van der Waals surface area contributed by atoms with Gasteiger partial charge >= 0.3 is 6.09 Å². The van der Waals surface area contributed by atoms with Gasteiger partial charge in [0.25, 0.3) is 0 Å². The molecule has 1 aromatic heterocycles. The van der Waals surface area contributed by atoms with Gasteiger partial charge in [-0.25, -0.2) is 4.79 Å². The van der Waals surface area contributed by atoms with Crippen LogP contribution in [0.25, 0.3) is 10.9 Å². The van der Waals surface area contributed by atoms with E-state index in [1.165, 1.54) is 5.56 Å². The Hall–Kier alpha value is -2.83. The number of rotatable bonds is 4. The fourth-order valence-electron chi connectivity index (χ4n) is 3.12. The Bertz CT molecular complexity index is 848. The number of nitrogens with zero attached hydrogens (tertiary/aromatic N) is 3. The molecule has 1 aliphatic heterocycles. The van der Waals surface area contributed by atoms with E-state index in [-0.39, 0.29) is 12.1 Å².